The molecule has 0 aromatic heterocycles. The van der Waals surface area contributed by atoms with Crippen molar-refractivity contribution < 1.29 is 24.2 Å². The third-order valence-corrected chi connectivity index (χ3v) is 2.19. The van der Waals surface area contributed by atoms with Crippen LogP contribution in [0.5, 0.6) is 0 Å². The molecule has 0 radical (unpaired) electrons. The number of carbonyl (C=O) groups excluding carboxylic acids is 2. The molecule has 1 fully saturated rings. The molecule has 6 heteroatoms. The quantitative estimate of drug-likeness (QED) is 0.394. The van der Waals surface area contributed by atoms with Crippen molar-refractivity contribution in [3.8, 4) is 0 Å². The van der Waals surface area contributed by atoms with E-state index in [2.05, 4.69) is 17.9 Å². The predicted molar refractivity (Wildman–Crippen MR) is 70.2 cm³/mol. The van der Waals surface area contributed by atoms with Gasteiger partial charge in [-0.3, -0.25) is 4.79 Å². The zero-order valence-electron chi connectivity index (χ0n) is 11.2. The molecule has 0 aromatic carbocycles. The second-order valence-corrected chi connectivity index (χ2v) is 4.10. The Hall–Kier alpha value is -1.66. The van der Waals surface area contributed by atoms with E-state index in [1.54, 1.807) is 6.92 Å². The number of rotatable bonds is 7. The van der Waals surface area contributed by atoms with Crippen LogP contribution in [0.15, 0.2) is 24.3 Å². The Balaban J connectivity index is 0.000000344. The molecule has 0 aliphatic carbocycles. The van der Waals surface area contributed by atoms with Gasteiger partial charge in [-0.05, 0) is 19.8 Å². The Bertz CT molecular complexity index is 347. The summed E-state index contributed by atoms with van der Waals surface area (Å²) in [5, 5.41) is 8.19. The second kappa shape index (κ2) is 9.29. The summed E-state index contributed by atoms with van der Waals surface area (Å²) in [4.78, 5) is 20.9. The smallest absolute Gasteiger partial charge is 0.333 e. The van der Waals surface area contributed by atoms with Crippen molar-refractivity contribution in [2.45, 2.75) is 25.9 Å². The van der Waals surface area contributed by atoms with Crippen molar-refractivity contribution >= 4 is 11.9 Å². The van der Waals surface area contributed by atoms with Crippen LogP contribution in [0.2, 0.25) is 0 Å². The number of aliphatic hydroxyl groups is 1. The Morgan fingerprint density at radius 3 is 2.42 bits per heavy atom. The van der Waals surface area contributed by atoms with Gasteiger partial charge in [0.1, 0.15) is 6.61 Å². The Morgan fingerprint density at radius 2 is 2.05 bits per heavy atom. The molecule has 6 nitrogen and oxygen atoms in total. The minimum Gasteiger partial charge on any atom is -0.460 e. The molecular weight excluding hydrogens is 250 g/mol. The number of hydrogen-bond donors (Lipinski definition) is 2. The van der Waals surface area contributed by atoms with Crippen LogP contribution in [0.3, 0.4) is 0 Å². The van der Waals surface area contributed by atoms with Gasteiger partial charge in [-0.2, -0.15) is 0 Å². The number of aliphatic hydroxyl groups excluding tert-OH is 1. The second-order valence-electron chi connectivity index (χ2n) is 4.10. The van der Waals surface area contributed by atoms with Gasteiger partial charge < -0.3 is 20.3 Å². The lowest BCUT2D eigenvalue weighted by Gasteiger charge is -1.99. The summed E-state index contributed by atoms with van der Waals surface area (Å²) in [5.41, 5.74) is 5.81. The lowest BCUT2D eigenvalue weighted by Crippen LogP contribution is -2.13. The van der Waals surface area contributed by atoms with Gasteiger partial charge in [0, 0.05) is 11.1 Å². The minimum atomic E-state index is -0.455. The first kappa shape index (κ1) is 17.3. The van der Waals surface area contributed by atoms with Crippen molar-refractivity contribution in [2.75, 3.05) is 19.8 Å². The van der Waals surface area contributed by atoms with Crippen molar-refractivity contribution in [3.63, 3.8) is 0 Å². The summed E-state index contributed by atoms with van der Waals surface area (Å²) in [6.45, 7) is 9.16. The van der Waals surface area contributed by atoms with Crippen molar-refractivity contribution in [1.82, 2.24) is 0 Å². The molecule has 1 heterocycles. The van der Waals surface area contributed by atoms with Crippen LogP contribution < -0.4 is 5.73 Å². The molecule has 1 rings (SSSR count). The third kappa shape index (κ3) is 9.99. The molecule has 3 N–H and O–H groups in total. The van der Waals surface area contributed by atoms with Crippen molar-refractivity contribution in [1.29, 1.82) is 0 Å². The average Bonchev–Trinajstić information content (AvgIpc) is 3.17. The van der Waals surface area contributed by atoms with Crippen LogP contribution in [0, 0.1) is 0 Å². The number of ether oxygens (including phenoxy) is 2. The van der Waals surface area contributed by atoms with Gasteiger partial charge in [-0.25, -0.2) is 4.79 Å². The fraction of sp³-hybridized carbons (Fsp3) is 0.538. The largest absolute Gasteiger partial charge is 0.460 e. The number of hydrogen-bond acceptors (Lipinski definition) is 5. The van der Waals surface area contributed by atoms with E-state index < -0.39 is 11.9 Å². The number of carbonyl (C=O) groups is 2. The number of primary amides is 1. The summed E-state index contributed by atoms with van der Waals surface area (Å²) in [6, 6.07) is 0. The fourth-order valence-electron chi connectivity index (χ4n) is 0.955. The summed E-state index contributed by atoms with van der Waals surface area (Å²) >= 11 is 0. The zero-order valence-corrected chi connectivity index (χ0v) is 11.2. The van der Waals surface area contributed by atoms with Crippen LogP contribution in [0.1, 0.15) is 19.8 Å². The Kier molecular flexibility index (Phi) is 8.48. The maximum Gasteiger partial charge on any atom is 0.333 e. The Morgan fingerprint density at radius 1 is 1.47 bits per heavy atom. The molecule has 1 unspecified atom stereocenters. The van der Waals surface area contributed by atoms with Crippen molar-refractivity contribution in [2.24, 2.45) is 5.73 Å². The first-order valence-corrected chi connectivity index (χ1v) is 5.91. The van der Waals surface area contributed by atoms with E-state index in [0.29, 0.717) is 23.7 Å². The van der Waals surface area contributed by atoms with E-state index in [9.17, 15) is 9.59 Å². The molecule has 1 saturated heterocycles. The van der Waals surface area contributed by atoms with Gasteiger partial charge in [0.15, 0.2) is 0 Å². The first-order valence-electron chi connectivity index (χ1n) is 5.91. The van der Waals surface area contributed by atoms with Crippen LogP contribution in [0.4, 0.5) is 0 Å². The molecule has 1 aliphatic rings. The number of amides is 1. The number of nitrogens with two attached hydrogens (primary N) is 1. The van der Waals surface area contributed by atoms with E-state index in [4.69, 9.17) is 15.6 Å². The summed E-state index contributed by atoms with van der Waals surface area (Å²) < 4.78 is 9.41. The highest BCUT2D eigenvalue weighted by molar-refractivity contribution is 5.91. The van der Waals surface area contributed by atoms with E-state index in [-0.39, 0.29) is 13.2 Å². The monoisotopic (exact) mass is 271 g/mol. The fourth-order valence-corrected chi connectivity index (χ4v) is 0.955. The maximum atomic E-state index is 10.5. The van der Waals surface area contributed by atoms with Gasteiger partial charge in [0.05, 0.1) is 19.3 Å². The molecule has 1 amide bonds. The van der Waals surface area contributed by atoms with Crippen molar-refractivity contribution in [3.05, 3.63) is 24.3 Å². The molecule has 0 bridgehead atoms. The Labute approximate surface area is 112 Å². The highest BCUT2D eigenvalue weighted by Crippen LogP contribution is 2.17. The van der Waals surface area contributed by atoms with Crippen LogP contribution in [0.25, 0.3) is 0 Å². The SMILES string of the molecule is C=C(C)C(=O)OCCO.C=C(CCC1CO1)C(N)=O. The number of esters is 1. The lowest BCUT2D eigenvalue weighted by atomic mass is 10.1. The van der Waals surface area contributed by atoms with E-state index in [0.717, 1.165) is 13.0 Å². The van der Waals surface area contributed by atoms with E-state index in [1.807, 2.05) is 0 Å². The van der Waals surface area contributed by atoms with E-state index >= 15 is 0 Å². The average molecular weight is 271 g/mol. The third-order valence-electron chi connectivity index (χ3n) is 2.19. The predicted octanol–water partition coefficient (Wildman–Crippen LogP) is 0.305. The standard InChI is InChI=1S/C7H11NO2.C6H10O3/c1-5(7(8)9)2-3-6-4-10-6;1-5(2)6(8)9-4-3-7/h6H,1-4H2,(H2,8,9);7H,1,3-4H2,2H3. The van der Waals surface area contributed by atoms with Gasteiger partial charge in [-0.15, -0.1) is 0 Å². The van der Waals surface area contributed by atoms with Gasteiger partial charge in [0.25, 0.3) is 0 Å². The normalized spacial score (nSPS) is 15.8. The molecule has 0 aromatic rings. The summed E-state index contributed by atoms with van der Waals surface area (Å²) in [5.74, 6) is -0.857. The topological polar surface area (TPSA) is 102 Å². The molecule has 1 aliphatic heterocycles. The van der Waals surface area contributed by atoms with Crippen LogP contribution in [-0.4, -0.2) is 42.9 Å². The summed E-state index contributed by atoms with van der Waals surface area (Å²) in [7, 11) is 0. The molecular formula is C13H21NO5. The highest BCUT2D eigenvalue weighted by Gasteiger charge is 2.22. The summed E-state index contributed by atoms with van der Waals surface area (Å²) in [6.07, 6.45) is 1.90. The lowest BCUT2D eigenvalue weighted by molar-refractivity contribution is -0.139. The number of epoxide rings is 1. The van der Waals surface area contributed by atoms with Gasteiger partial charge >= 0.3 is 5.97 Å². The first-order chi connectivity index (χ1) is 8.88. The van der Waals surface area contributed by atoms with Gasteiger partial charge in [0.2, 0.25) is 5.91 Å². The van der Waals surface area contributed by atoms with Crippen LogP contribution in [-0.2, 0) is 19.1 Å². The van der Waals surface area contributed by atoms with E-state index in [1.165, 1.54) is 0 Å². The highest BCUT2D eigenvalue weighted by atomic mass is 16.6. The molecule has 0 spiro atoms. The minimum absolute atomic E-state index is 0.0473. The maximum absolute atomic E-state index is 10.5. The molecule has 108 valence electrons. The molecule has 0 saturated carbocycles. The van der Waals surface area contributed by atoms with Crippen LogP contribution >= 0.6 is 0 Å². The molecule has 19 heavy (non-hydrogen) atoms. The van der Waals surface area contributed by atoms with Gasteiger partial charge in [-0.1, -0.05) is 13.2 Å². The molecule has 1 atom stereocenters. The zero-order chi connectivity index (χ0) is 14.8.